The molecule has 0 aromatic heterocycles. The maximum atomic E-state index is 13.7. The van der Waals surface area contributed by atoms with Crippen LogP contribution in [0.4, 0.5) is 30.2 Å². The quantitative estimate of drug-likeness (QED) is 0.390. The van der Waals surface area contributed by atoms with Crippen molar-refractivity contribution in [3.05, 3.63) is 88.5 Å². The highest BCUT2D eigenvalue weighted by Gasteiger charge is 2.59. The first-order valence-electron chi connectivity index (χ1n) is 12.2. The molecule has 7 nitrogen and oxygen atoms in total. The molecule has 2 fully saturated rings. The predicted molar refractivity (Wildman–Crippen MR) is 146 cm³/mol. The summed E-state index contributed by atoms with van der Waals surface area (Å²) in [6.45, 7) is 1.79. The van der Waals surface area contributed by atoms with E-state index >= 15 is 0 Å². The average molecular weight is 560 g/mol. The predicted octanol–water partition coefficient (Wildman–Crippen LogP) is 6.07. The molecule has 0 unspecified atom stereocenters. The third-order valence-corrected chi connectivity index (χ3v) is 7.64. The number of carbonyl (C=O) groups is 2. The molecule has 40 heavy (non-hydrogen) atoms. The number of amides is 2. The molecule has 1 N–H and O–H groups in total. The van der Waals surface area contributed by atoms with Crippen molar-refractivity contribution in [3.8, 4) is 12.1 Å². The SMILES string of the molecule is Cc1cc(N2C(=O)C3(CCC3)N(c3ccc(C(=O)Nc4ccc(C(F)(F)F)c(C#N)c4)cc3)C2=S)ccc1C#N. The van der Waals surface area contributed by atoms with Crippen molar-refractivity contribution in [2.45, 2.75) is 37.9 Å². The summed E-state index contributed by atoms with van der Waals surface area (Å²) in [5.74, 6) is -0.728. The molecule has 200 valence electrons. The fraction of sp³-hybridized carbons (Fsp3) is 0.207. The van der Waals surface area contributed by atoms with Crippen molar-refractivity contribution in [1.29, 1.82) is 10.5 Å². The maximum Gasteiger partial charge on any atom is 0.417 e. The number of anilines is 3. The summed E-state index contributed by atoms with van der Waals surface area (Å²) < 4.78 is 39.2. The summed E-state index contributed by atoms with van der Waals surface area (Å²) in [4.78, 5) is 29.8. The summed E-state index contributed by atoms with van der Waals surface area (Å²) in [7, 11) is 0. The van der Waals surface area contributed by atoms with E-state index in [1.54, 1.807) is 42.2 Å². The highest BCUT2D eigenvalue weighted by atomic mass is 32.1. The maximum absolute atomic E-state index is 13.7. The highest BCUT2D eigenvalue weighted by molar-refractivity contribution is 7.81. The largest absolute Gasteiger partial charge is 0.417 e. The summed E-state index contributed by atoms with van der Waals surface area (Å²) in [5, 5.41) is 21.2. The lowest BCUT2D eigenvalue weighted by Gasteiger charge is -2.43. The monoisotopic (exact) mass is 559 g/mol. The number of aryl methyl sites for hydroxylation is 1. The van der Waals surface area contributed by atoms with Gasteiger partial charge in [0, 0.05) is 16.9 Å². The second-order valence-corrected chi connectivity index (χ2v) is 9.99. The van der Waals surface area contributed by atoms with Crippen molar-refractivity contribution < 1.29 is 22.8 Å². The van der Waals surface area contributed by atoms with E-state index < -0.39 is 28.7 Å². The number of thiocarbonyl (C=S) groups is 1. The number of nitriles is 2. The summed E-state index contributed by atoms with van der Waals surface area (Å²) in [6, 6.07) is 17.9. The van der Waals surface area contributed by atoms with E-state index in [1.165, 1.54) is 23.1 Å². The van der Waals surface area contributed by atoms with Crippen LogP contribution in [0.5, 0.6) is 0 Å². The van der Waals surface area contributed by atoms with Gasteiger partial charge in [-0.2, -0.15) is 23.7 Å². The Labute approximate surface area is 233 Å². The number of nitrogens with one attached hydrogen (secondary N) is 1. The number of alkyl halides is 3. The van der Waals surface area contributed by atoms with E-state index in [9.17, 15) is 28.0 Å². The first kappa shape index (κ1) is 26.9. The number of carbonyl (C=O) groups excluding carboxylic acids is 2. The molecular weight excluding hydrogens is 539 g/mol. The molecular formula is C29H20F3N5O2S. The van der Waals surface area contributed by atoms with Crippen LogP contribution in [-0.4, -0.2) is 22.5 Å². The topological polar surface area (TPSA) is 100 Å². The first-order valence-corrected chi connectivity index (χ1v) is 12.6. The van der Waals surface area contributed by atoms with Gasteiger partial charge in [0.2, 0.25) is 0 Å². The van der Waals surface area contributed by atoms with Gasteiger partial charge in [0.05, 0.1) is 34.5 Å². The minimum Gasteiger partial charge on any atom is -0.322 e. The van der Waals surface area contributed by atoms with Gasteiger partial charge in [-0.05, 0) is 105 Å². The third kappa shape index (κ3) is 4.34. The normalized spacial score (nSPS) is 15.9. The van der Waals surface area contributed by atoms with Gasteiger partial charge in [-0.15, -0.1) is 0 Å². The lowest BCUT2D eigenvalue weighted by molar-refractivity contribution is -0.137. The first-order chi connectivity index (χ1) is 19.0. The average Bonchev–Trinajstić information content (AvgIpc) is 3.14. The zero-order valence-corrected chi connectivity index (χ0v) is 21.9. The second kappa shape index (κ2) is 9.78. The van der Waals surface area contributed by atoms with Crippen LogP contribution < -0.4 is 15.1 Å². The smallest absolute Gasteiger partial charge is 0.322 e. The minimum atomic E-state index is -4.69. The fourth-order valence-corrected chi connectivity index (χ4v) is 5.52. The Morgan fingerprint density at radius 1 is 0.975 bits per heavy atom. The van der Waals surface area contributed by atoms with Crippen LogP contribution in [0.1, 0.15) is 51.9 Å². The van der Waals surface area contributed by atoms with Crippen molar-refractivity contribution in [1.82, 2.24) is 0 Å². The zero-order chi connectivity index (χ0) is 28.8. The Kier molecular flexibility index (Phi) is 6.56. The zero-order valence-electron chi connectivity index (χ0n) is 21.0. The Bertz CT molecular complexity index is 1650. The van der Waals surface area contributed by atoms with Gasteiger partial charge in [-0.25, -0.2) is 0 Å². The lowest BCUT2D eigenvalue weighted by Crippen LogP contribution is -2.55. The molecule has 5 rings (SSSR count). The molecule has 3 aromatic rings. The Morgan fingerprint density at radius 3 is 2.17 bits per heavy atom. The lowest BCUT2D eigenvalue weighted by atomic mass is 9.75. The molecule has 2 aliphatic rings. The molecule has 1 spiro atoms. The van der Waals surface area contributed by atoms with Gasteiger partial charge in [0.1, 0.15) is 5.54 Å². The number of hydrogen-bond donors (Lipinski definition) is 1. The van der Waals surface area contributed by atoms with Crippen molar-refractivity contribution in [2.24, 2.45) is 0 Å². The van der Waals surface area contributed by atoms with Gasteiger partial charge < -0.3 is 10.2 Å². The van der Waals surface area contributed by atoms with Crippen LogP contribution >= 0.6 is 12.2 Å². The van der Waals surface area contributed by atoms with E-state index in [2.05, 4.69) is 11.4 Å². The number of benzene rings is 3. The molecule has 2 amide bonds. The van der Waals surface area contributed by atoms with Crippen LogP contribution in [0.25, 0.3) is 0 Å². The number of hydrogen-bond acceptors (Lipinski definition) is 5. The fourth-order valence-electron chi connectivity index (χ4n) is 5.05. The van der Waals surface area contributed by atoms with E-state index in [4.69, 9.17) is 17.5 Å². The third-order valence-electron chi connectivity index (χ3n) is 7.27. The summed E-state index contributed by atoms with van der Waals surface area (Å²) in [6.07, 6.45) is -2.62. The molecule has 1 saturated heterocycles. The van der Waals surface area contributed by atoms with Crippen molar-refractivity contribution in [2.75, 3.05) is 15.1 Å². The van der Waals surface area contributed by atoms with E-state index in [0.29, 0.717) is 34.9 Å². The second-order valence-electron chi connectivity index (χ2n) is 9.63. The molecule has 1 aliphatic heterocycles. The van der Waals surface area contributed by atoms with E-state index in [1.807, 2.05) is 0 Å². The molecule has 0 bridgehead atoms. The number of rotatable bonds is 4. The standard InChI is InChI=1S/C29H20F3N5O2S/c1-17-13-23(9-5-19(17)15-33)36-26(39)28(11-2-12-28)37(27(36)40)22-7-3-18(4-8-22)25(38)35-21-6-10-24(29(30,31)32)20(14-21)16-34/h3-10,13-14H,2,11-12H2,1H3,(H,35,38). The number of halogens is 3. The Morgan fingerprint density at radius 2 is 1.62 bits per heavy atom. The Hall–Kier alpha value is -4.74. The molecule has 1 aliphatic carbocycles. The molecule has 1 saturated carbocycles. The van der Waals surface area contributed by atoms with Gasteiger partial charge in [0.15, 0.2) is 5.11 Å². The molecule has 11 heteroatoms. The van der Waals surface area contributed by atoms with Gasteiger partial charge in [-0.3, -0.25) is 14.5 Å². The number of nitrogens with zero attached hydrogens (tertiary/aromatic N) is 4. The Balaban J connectivity index is 1.39. The van der Waals surface area contributed by atoms with Crippen LogP contribution in [0.15, 0.2) is 60.7 Å². The van der Waals surface area contributed by atoms with Crippen molar-refractivity contribution >= 4 is 46.2 Å². The minimum absolute atomic E-state index is 0.0479. The van der Waals surface area contributed by atoms with Crippen LogP contribution in [0.2, 0.25) is 0 Å². The van der Waals surface area contributed by atoms with E-state index in [-0.39, 0.29) is 17.2 Å². The van der Waals surface area contributed by atoms with Crippen molar-refractivity contribution in [3.63, 3.8) is 0 Å². The highest BCUT2D eigenvalue weighted by Crippen LogP contribution is 2.48. The summed E-state index contributed by atoms with van der Waals surface area (Å²) in [5.41, 5.74) is 0.175. The molecule has 3 aromatic carbocycles. The van der Waals surface area contributed by atoms with Crippen LogP contribution in [0.3, 0.4) is 0 Å². The molecule has 1 heterocycles. The van der Waals surface area contributed by atoms with E-state index in [0.717, 1.165) is 30.2 Å². The summed E-state index contributed by atoms with van der Waals surface area (Å²) >= 11 is 5.77. The molecule has 0 atom stereocenters. The van der Waals surface area contributed by atoms with Crippen LogP contribution in [-0.2, 0) is 11.0 Å². The molecule has 0 radical (unpaired) electrons. The van der Waals surface area contributed by atoms with Gasteiger partial charge in [0.25, 0.3) is 11.8 Å². The van der Waals surface area contributed by atoms with Crippen LogP contribution in [0, 0.1) is 29.6 Å². The van der Waals surface area contributed by atoms with Gasteiger partial charge in [-0.1, -0.05) is 0 Å². The van der Waals surface area contributed by atoms with Gasteiger partial charge >= 0.3 is 6.18 Å².